The van der Waals surface area contributed by atoms with Gasteiger partial charge in [0.05, 0.1) is 0 Å². The quantitative estimate of drug-likeness (QED) is 0.620. The van der Waals surface area contributed by atoms with Crippen molar-refractivity contribution in [2.24, 2.45) is 0 Å². The molecule has 0 saturated heterocycles. The van der Waals surface area contributed by atoms with Crippen molar-refractivity contribution in [2.45, 2.75) is 0 Å². The molecule has 10 heavy (non-hydrogen) atoms. The van der Waals surface area contributed by atoms with Gasteiger partial charge in [-0.1, -0.05) is 5.21 Å². The molecular formula is C4H2IN5. The fourth-order valence-electron chi connectivity index (χ4n) is 0.640. The molecule has 0 aliphatic heterocycles. The lowest BCUT2D eigenvalue weighted by Gasteiger charge is -1.84. The molecule has 0 aliphatic rings. The van der Waals surface area contributed by atoms with Gasteiger partial charge in [0, 0.05) is 0 Å². The smallest absolute Gasteiger partial charge is 0.192 e. The van der Waals surface area contributed by atoms with E-state index in [0.29, 0.717) is 0 Å². The summed E-state index contributed by atoms with van der Waals surface area (Å²) in [6.45, 7) is 0. The van der Waals surface area contributed by atoms with Crippen LogP contribution in [-0.4, -0.2) is 24.8 Å². The van der Waals surface area contributed by atoms with Crippen LogP contribution in [-0.2, 0) is 0 Å². The van der Waals surface area contributed by atoms with Gasteiger partial charge in [-0.15, -0.1) is 5.10 Å². The molecule has 0 atom stereocenters. The fraction of sp³-hybridized carbons (Fsp3) is 0. The highest BCUT2D eigenvalue weighted by molar-refractivity contribution is 14.1. The Balaban J connectivity index is 2.93. The van der Waals surface area contributed by atoms with Crippen LogP contribution in [0, 0.1) is 3.70 Å². The highest BCUT2D eigenvalue weighted by atomic mass is 127. The summed E-state index contributed by atoms with van der Waals surface area (Å²) in [7, 11) is 0. The molecule has 0 aliphatic carbocycles. The van der Waals surface area contributed by atoms with Crippen LogP contribution in [0.2, 0.25) is 0 Å². The van der Waals surface area contributed by atoms with Crippen molar-refractivity contribution in [2.75, 3.05) is 0 Å². The summed E-state index contributed by atoms with van der Waals surface area (Å²) in [4.78, 5) is 7.73. The number of rotatable bonds is 0. The third-order valence-electron chi connectivity index (χ3n) is 1.05. The summed E-state index contributed by atoms with van der Waals surface area (Å²) in [6, 6.07) is 0. The van der Waals surface area contributed by atoms with E-state index < -0.39 is 0 Å². The van der Waals surface area contributed by atoms with Crippen molar-refractivity contribution in [3.8, 4) is 0 Å². The number of aromatic nitrogens is 5. The Bertz CT molecular complexity index is 355. The molecule has 0 N–H and O–H groups in total. The SMILES string of the molecule is Ic1nnn2cncnc12. The van der Waals surface area contributed by atoms with Gasteiger partial charge in [0.2, 0.25) is 0 Å². The summed E-state index contributed by atoms with van der Waals surface area (Å²) in [5.41, 5.74) is 0.746. The Labute approximate surface area is 69.6 Å². The fourth-order valence-corrected chi connectivity index (χ4v) is 1.12. The van der Waals surface area contributed by atoms with Crippen LogP contribution in [0.4, 0.5) is 0 Å². The first kappa shape index (κ1) is 5.96. The highest BCUT2D eigenvalue weighted by Crippen LogP contribution is 2.03. The van der Waals surface area contributed by atoms with Gasteiger partial charge in [-0.3, -0.25) is 0 Å². The van der Waals surface area contributed by atoms with Crippen LogP contribution >= 0.6 is 22.6 Å². The molecule has 0 spiro atoms. The normalized spacial score (nSPS) is 10.5. The van der Waals surface area contributed by atoms with Crippen molar-refractivity contribution in [1.82, 2.24) is 24.8 Å². The monoisotopic (exact) mass is 247 g/mol. The second-order valence-electron chi connectivity index (χ2n) is 1.66. The van der Waals surface area contributed by atoms with E-state index in [4.69, 9.17) is 0 Å². The second-order valence-corrected chi connectivity index (χ2v) is 2.68. The Morgan fingerprint density at radius 3 is 3.20 bits per heavy atom. The van der Waals surface area contributed by atoms with E-state index in [-0.39, 0.29) is 0 Å². The maximum absolute atomic E-state index is 3.96. The molecule has 6 heteroatoms. The number of hydrogen-bond donors (Lipinski definition) is 0. The average Bonchev–Trinajstić information content (AvgIpc) is 2.34. The summed E-state index contributed by atoms with van der Waals surface area (Å²) >= 11 is 2.07. The zero-order chi connectivity index (χ0) is 6.97. The molecule has 0 aromatic carbocycles. The number of hydrogen-bond acceptors (Lipinski definition) is 4. The molecular weight excluding hydrogens is 245 g/mol. The Morgan fingerprint density at radius 1 is 1.50 bits per heavy atom. The van der Waals surface area contributed by atoms with Crippen molar-refractivity contribution in [3.05, 3.63) is 16.4 Å². The molecule has 2 rings (SSSR count). The van der Waals surface area contributed by atoms with Gasteiger partial charge in [0.1, 0.15) is 12.7 Å². The number of fused-ring (bicyclic) bond motifs is 1. The minimum atomic E-state index is 0.746. The predicted molar refractivity (Wildman–Crippen MR) is 41.3 cm³/mol. The summed E-state index contributed by atoms with van der Waals surface area (Å²) < 4.78 is 2.32. The van der Waals surface area contributed by atoms with Crippen molar-refractivity contribution >= 4 is 28.2 Å². The minimum absolute atomic E-state index is 0.746. The Hall–Kier alpha value is -0.790. The molecule has 0 saturated carbocycles. The van der Waals surface area contributed by atoms with E-state index >= 15 is 0 Å². The van der Waals surface area contributed by atoms with Crippen LogP contribution in [0.25, 0.3) is 5.65 Å². The van der Waals surface area contributed by atoms with Crippen LogP contribution in [0.1, 0.15) is 0 Å². The first-order valence-electron chi connectivity index (χ1n) is 2.54. The molecule has 50 valence electrons. The minimum Gasteiger partial charge on any atom is -0.225 e. The van der Waals surface area contributed by atoms with E-state index in [1.165, 1.54) is 10.8 Å². The third kappa shape index (κ3) is 0.753. The average molecular weight is 247 g/mol. The van der Waals surface area contributed by atoms with Crippen molar-refractivity contribution in [3.63, 3.8) is 0 Å². The van der Waals surface area contributed by atoms with Gasteiger partial charge >= 0.3 is 0 Å². The maximum Gasteiger partial charge on any atom is 0.192 e. The topological polar surface area (TPSA) is 56.0 Å². The Kier molecular flexibility index (Phi) is 1.26. The largest absolute Gasteiger partial charge is 0.225 e. The summed E-state index contributed by atoms with van der Waals surface area (Å²) in [5, 5.41) is 7.55. The van der Waals surface area contributed by atoms with Gasteiger partial charge < -0.3 is 0 Å². The third-order valence-corrected chi connectivity index (χ3v) is 1.75. The zero-order valence-corrected chi connectivity index (χ0v) is 6.93. The standard InChI is InChI=1S/C4H2IN5/c5-3-4-7-1-6-2-10(4)9-8-3/h1-2H. The van der Waals surface area contributed by atoms with Gasteiger partial charge in [0.15, 0.2) is 9.35 Å². The van der Waals surface area contributed by atoms with Crippen LogP contribution in [0.3, 0.4) is 0 Å². The lowest BCUT2D eigenvalue weighted by atomic mass is 10.8. The number of halogens is 1. The van der Waals surface area contributed by atoms with Gasteiger partial charge in [-0.2, -0.15) is 4.52 Å². The summed E-state index contributed by atoms with van der Waals surface area (Å²) in [6.07, 6.45) is 3.04. The second kappa shape index (κ2) is 2.11. The Morgan fingerprint density at radius 2 is 2.40 bits per heavy atom. The predicted octanol–water partition coefficient (Wildman–Crippen LogP) is 0.124. The molecule has 0 bridgehead atoms. The van der Waals surface area contributed by atoms with E-state index in [0.717, 1.165) is 9.35 Å². The molecule has 0 radical (unpaired) electrons. The molecule has 0 fully saturated rings. The van der Waals surface area contributed by atoms with Gasteiger partial charge in [-0.25, -0.2) is 9.97 Å². The molecule has 5 nitrogen and oxygen atoms in total. The van der Waals surface area contributed by atoms with Crippen LogP contribution in [0.5, 0.6) is 0 Å². The number of nitrogens with zero attached hydrogens (tertiary/aromatic N) is 5. The van der Waals surface area contributed by atoms with Crippen molar-refractivity contribution < 1.29 is 0 Å². The highest BCUT2D eigenvalue weighted by Gasteiger charge is 2.00. The first-order chi connectivity index (χ1) is 4.88. The zero-order valence-electron chi connectivity index (χ0n) is 4.77. The van der Waals surface area contributed by atoms with E-state index in [1.54, 1.807) is 6.33 Å². The molecule has 2 aromatic heterocycles. The molecule has 0 unspecified atom stereocenters. The van der Waals surface area contributed by atoms with Crippen LogP contribution in [0.15, 0.2) is 12.7 Å². The summed E-state index contributed by atoms with van der Waals surface area (Å²) in [5.74, 6) is 0. The molecule has 0 amide bonds. The van der Waals surface area contributed by atoms with Gasteiger partial charge in [-0.05, 0) is 22.6 Å². The van der Waals surface area contributed by atoms with Crippen LogP contribution < -0.4 is 0 Å². The first-order valence-corrected chi connectivity index (χ1v) is 3.62. The van der Waals surface area contributed by atoms with E-state index in [9.17, 15) is 0 Å². The molecule has 2 heterocycles. The van der Waals surface area contributed by atoms with E-state index in [1.807, 2.05) is 0 Å². The lowest BCUT2D eigenvalue weighted by molar-refractivity contribution is 0.818. The lowest BCUT2D eigenvalue weighted by Crippen LogP contribution is -1.90. The molecule has 2 aromatic rings. The maximum atomic E-state index is 3.96. The van der Waals surface area contributed by atoms with Gasteiger partial charge in [0.25, 0.3) is 0 Å². The van der Waals surface area contributed by atoms with E-state index in [2.05, 4.69) is 42.9 Å². The van der Waals surface area contributed by atoms with Crippen molar-refractivity contribution in [1.29, 1.82) is 0 Å².